The van der Waals surface area contributed by atoms with Crippen LogP contribution in [0.2, 0.25) is 0 Å². The number of pyridine rings is 1. The highest BCUT2D eigenvalue weighted by Gasteiger charge is 2.28. The van der Waals surface area contributed by atoms with E-state index in [1.165, 1.54) is 5.56 Å². The molecule has 1 unspecified atom stereocenters. The van der Waals surface area contributed by atoms with Crippen LogP contribution in [0.4, 0.5) is 5.82 Å². The Kier molecular flexibility index (Phi) is 4.62. The first-order valence-electron chi connectivity index (χ1n) is 9.43. The molecule has 8 nitrogen and oxygen atoms in total. The molecule has 4 rings (SSSR count). The third kappa shape index (κ3) is 3.37. The van der Waals surface area contributed by atoms with E-state index in [2.05, 4.69) is 31.7 Å². The Morgan fingerprint density at radius 2 is 2.18 bits per heavy atom. The van der Waals surface area contributed by atoms with Crippen LogP contribution in [0, 0.1) is 13.8 Å². The van der Waals surface area contributed by atoms with Crippen LogP contribution in [0.5, 0.6) is 0 Å². The van der Waals surface area contributed by atoms with Crippen LogP contribution in [-0.2, 0) is 13.0 Å². The molecule has 3 heterocycles. The average Bonchev–Trinajstić information content (AvgIpc) is 3.36. The highest BCUT2D eigenvalue weighted by molar-refractivity contribution is 5.94. The SMILES string of the molecule is Cc1nc(N(C)C)ccc1Cn1cc(C(=O)NC2CCc3c2n[nH]c3C)cn1. The number of fused-ring (bicyclic) bond motifs is 1. The second-order valence-corrected chi connectivity index (χ2v) is 7.51. The fraction of sp³-hybridized carbons (Fsp3) is 0.400. The van der Waals surface area contributed by atoms with Crippen LogP contribution in [0.15, 0.2) is 24.5 Å². The number of amides is 1. The van der Waals surface area contributed by atoms with E-state index < -0.39 is 0 Å². The first kappa shape index (κ1) is 18.2. The first-order chi connectivity index (χ1) is 13.4. The zero-order valence-electron chi connectivity index (χ0n) is 16.7. The predicted octanol–water partition coefficient (Wildman–Crippen LogP) is 2.15. The molecule has 0 fully saturated rings. The number of hydrogen-bond donors (Lipinski definition) is 2. The number of aromatic amines is 1. The van der Waals surface area contributed by atoms with Gasteiger partial charge in [0, 0.05) is 31.7 Å². The second-order valence-electron chi connectivity index (χ2n) is 7.51. The van der Waals surface area contributed by atoms with E-state index in [9.17, 15) is 4.79 Å². The van der Waals surface area contributed by atoms with Gasteiger partial charge in [-0.1, -0.05) is 6.07 Å². The van der Waals surface area contributed by atoms with E-state index >= 15 is 0 Å². The molecule has 0 spiro atoms. The Balaban J connectivity index is 1.44. The van der Waals surface area contributed by atoms with Crippen LogP contribution in [-0.4, -0.2) is 45.0 Å². The standard InChI is InChI=1S/C20H25N7O/c1-12-14(5-8-18(22-12)26(3)4)10-27-11-15(9-21-27)20(28)23-17-7-6-16-13(2)24-25-19(16)17/h5,8-9,11,17H,6-7,10H2,1-4H3,(H,23,28)(H,24,25). The molecule has 1 aliphatic rings. The van der Waals surface area contributed by atoms with Gasteiger partial charge < -0.3 is 10.2 Å². The smallest absolute Gasteiger partial charge is 0.255 e. The molecule has 0 saturated heterocycles. The summed E-state index contributed by atoms with van der Waals surface area (Å²) < 4.78 is 1.77. The highest BCUT2D eigenvalue weighted by Crippen LogP contribution is 2.31. The highest BCUT2D eigenvalue weighted by atomic mass is 16.1. The third-order valence-electron chi connectivity index (χ3n) is 5.29. The topological polar surface area (TPSA) is 91.7 Å². The number of nitrogens with zero attached hydrogens (tertiary/aromatic N) is 5. The maximum Gasteiger partial charge on any atom is 0.255 e. The van der Waals surface area contributed by atoms with Gasteiger partial charge in [-0.05, 0) is 43.9 Å². The minimum Gasteiger partial charge on any atom is -0.363 e. The molecule has 146 valence electrons. The number of aromatic nitrogens is 5. The minimum atomic E-state index is -0.123. The fourth-order valence-electron chi connectivity index (χ4n) is 3.62. The summed E-state index contributed by atoms with van der Waals surface area (Å²) in [7, 11) is 3.94. The number of hydrogen-bond acceptors (Lipinski definition) is 5. The van der Waals surface area contributed by atoms with Crippen molar-refractivity contribution in [3.8, 4) is 0 Å². The zero-order chi connectivity index (χ0) is 19.8. The third-order valence-corrected chi connectivity index (χ3v) is 5.29. The van der Waals surface area contributed by atoms with Crippen LogP contribution in [0.25, 0.3) is 0 Å². The zero-order valence-corrected chi connectivity index (χ0v) is 16.7. The molecule has 0 radical (unpaired) electrons. The number of carbonyl (C=O) groups excluding carboxylic acids is 1. The van der Waals surface area contributed by atoms with Crippen molar-refractivity contribution in [2.24, 2.45) is 0 Å². The van der Waals surface area contributed by atoms with Gasteiger partial charge in [0.05, 0.1) is 30.0 Å². The van der Waals surface area contributed by atoms with Crippen molar-refractivity contribution in [3.63, 3.8) is 0 Å². The maximum absolute atomic E-state index is 12.6. The first-order valence-corrected chi connectivity index (χ1v) is 9.43. The van der Waals surface area contributed by atoms with Crippen LogP contribution >= 0.6 is 0 Å². The van der Waals surface area contributed by atoms with Crippen molar-refractivity contribution < 1.29 is 4.79 Å². The molecule has 3 aromatic rings. The molecule has 0 bridgehead atoms. The minimum absolute atomic E-state index is 0.0409. The van der Waals surface area contributed by atoms with E-state index in [-0.39, 0.29) is 11.9 Å². The Labute approximate surface area is 164 Å². The molecule has 1 amide bonds. The molecule has 2 N–H and O–H groups in total. The Bertz CT molecular complexity index is 1020. The van der Waals surface area contributed by atoms with Gasteiger partial charge in [-0.2, -0.15) is 10.2 Å². The Morgan fingerprint density at radius 3 is 2.93 bits per heavy atom. The van der Waals surface area contributed by atoms with Crippen LogP contribution in [0.1, 0.15) is 51.0 Å². The lowest BCUT2D eigenvalue weighted by Gasteiger charge is -2.13. The number of carbonyl (C=O) groups is 1. The molecule has 1 aliphatic carbocycles. The van der Waals surface area contributed by atoms with Gasteiger partial charge in [0.15, 0.2) is 0 Å². The molecule has 8 heteroatoms. The van der Waals surface area contributed by atoms with Gasteiger partial charge >= 0.3 is 0 Å². The van der Waals surface area contributed by atoms with Crippen LogP contribution in [0.3, 0.4) is 0 Å². The lowest BCUT2D eigenvalue weighted by atomic mass is 10.2. The average molecular weight is 379 g/mol. The summed E-state index contributed by atoms with van der Waals surface area (Å²) in [6.45, 7) is 4.58. The van der Waals surface area contributed by atoms with E-state index in [0.717, 1.165) is 41.3 Å². The number of nitrogens with one attached hydrogen (secondary N) is 2. The molecule has 28 heavy (non-hydrogen) atoms. The van der Waals surface area contributed by atoms with E-state index in [0.29, 0.717) is 12.1 Å². The van der Waals surface area contributed by atoms with Gasteiger partial charge in [-0.15, -0.1) is 0 Å². The monoisotopic (exact) mass is 379 g/mol. The predicted molar refractivity (Wildman–Crippen MR) is 106 cm³/mol. The quantitative estimate of drug-likeness (QED) is 0.709. The summed E-state index contributed by atoms with van der Waals surface area (Å²) in [6.07, 6.45) is 5.21. The van der Waals surface area contributed by atoms with Gasteiger partial charge in [0.2, 0.25) is 0 Å². The lowest BCUT2D eigenvalue weighted by molar-refractivity contribution is 0.0936. The summed E-state index contributed by atoms with van der Waals surface area (Å²) in [5, 5.41) is 14.8. The summed E-state index contributed by atoms with van der Waals surface area (Å²) in [5.41, 5.74) is 5.86. The number of anilines is 1. The molecule has 1 atom stereocenters. The summed E-state index contributed by atoms with van der Waals surface area (Å²) in [6, 6.07) is 4.00. The molecule has 3 aromatic heterocycles. The van der Waals surface area contributed by atoms with Gasteiger partial charge in [0.1, 0.15) is 5.82 Å². The van der Waals surface area contributed by atoms with Crippen molar-refractivity contribution >= 4 is 11.7 Å². The Morgan fingerprint density at radius 1 is 1.36 bits per heavy atom. The molecular weight excluding hydrogens is 354 g/mol. The second kappa shape index (κ2) is 7.10. The van der Waals surface area contributed by atoms with Crippen molar-refractivity contribution in [2.45, 2.75) is 39.3 Å². The molecular formula is C20H25N7O. The Hall–Kier alpha value is -3.16. The van der Waals surface area contributed by atoms with Crippen molar-refractivity contribution in [1.29, 1.82) is 0 Å². The molecule has 0 aliphatic heterocycles. The summed E-state index contributed by atoms with van der Waals surface area (Å²) in [4.78, 5) is 19.2. The summed E-state index contributed by atoms with van der Waals surface area (Å²) in [5.74, 6) is 0.800. The van der Waals surface area contributed by atoms with Gasteiger partial charge in [-0.3, -0.25) is 14.6 Å². The van der Waals surface area contributed by atoms with Gasteiger partial charge in [-0.25, -0.2) is 4.98 Å². The lowest BCUT2D eigenvalue weighted by Crippen LogP contribution is -2.27. The number of H-pyrrole nitrogens is 1. The largest absolute Gasteiger partial charge is 0.363 e. The van der Waals surface area contributed by atoms with E-state index in [1.54, 1.807) is 17.1 Å². The van der Waals surface area contributed by atoms with E-state index in [4.69, 9.17) is 0 Å². The van der Waals surface area contributed by atoms with Crippen molar-refractivity contribution in [1.82, 2.24) is 30.3 Å². The summed E-state index contributed by atoms with van der Waals surface area (Å²) >= 11 is 0. The van der Waals surface area contributed by atoms with Gasteiger partial charge in [0.25, 0.3) is 5.91 Å². The normalized spacial score (nSPS) is 15.5. The number of aryl methyl sites for hydroxylation is 2. The van der Waals surface area contributed by atoms with Crippen molar-refractivity contribution in [3.05, 3.63) is 58.3 Å². The fourth-order valence-corrected chi connectivity index (χ4v) is 3.62. The maximum atomic E-state index is 12.6. The number of rotatable bonds is 5. The molecule has 0 saturated carbocycles. The van der Waals surface area contributed by atoms with Crippen molar-refractivity contribution in [2.75, 3.05) is 19.0 Å². The molecule has 0 aromatic carbocycles. The van der Waals surface area contributed by atoms with E-state index in [1.807, 2.05) is 38.9 Å². The van der Waals surface area contributed by atoms with Crippen LogP contribution < -0.4 is 10.2 Å².